The lowest BCUT2D eigenvalue weighted by molar-refractivity contribution is 0.619. The first-order valence-corrected chi connectivity index (χ1v) is 7.51. The Morgan fingerprint density at radius 3 is 2.75 bits per heavy atom. The number of benzene rings is 2. The van der Waals surface area contributed by atoms with Crippen molar-refractivity contribution in [1.29, 1.82) is 0 Å². The maximum atomic E-state index is 13.8. The second kappa shape index (κ2) is 5.54. The van der Waals surface area contributed by atoms with Crippen molar-refractivity contribution in [2.45, 2.75) is 6.42 Å². The largest absolute Gasteiger partial charge is 0.296 e. The van der Waals surface area contributed by atoms with Gasteiger partial charge < -0.3 is 0 Å². The van der Waals surface area contributed by atoms with Gasteiger partial charge in [0, 0.05) is 12.3 Å². The Bertz CT molecular complexity index is 770. The van der Waals surface area contributed by atoms with Crippen molar-refractivity contribution in [2.75, 3.05) is 5.88 Å². The lowest BCUT2D eigenvalue weighted by atomic mass is 10.2. The van der Waals surface area contributed by atoms with E-state index in [-0.39, 0.29) is 5.82 Å². The summed E-state index contributed by atoms with van der Waals surface area (Å²) in [5.74, 6) is 1.02. The summed E-state index contributed by atoms with van der Waals surface area (Å²) in [7, 11) is 0. The van der Waals surface area contributed by atoms with E-state index in [4.69, 9.17) is 11.6 Å². The fourth-order valence-electron chi connectivity index (χ4n) is 2.24. The molecule has 5 heteroatoms. The van der Waals surface area contributed by atoms with Gasteiger partial charge in [-0.3, -0.25) is 4.57 Å². The van der Waals surface area contributed by atoms with Crippen LogP contribution in [0.2, 0.25) is 0 Å². The number of nitrogens with zero attached hydrogens (tertiary/aromatic N) is 2. The summed E-state index contributed by atoms with van der Waals surface area (Å²) < 4.78 is 16.2. The molecule has 0 amide bonds. The van der Waals surface area contributed by atoms with Gasteiger partial charge in [-0.05, 0) is 46.3 Å². The molecule has 0 unspecified atom stereocenters. The predicted octanol–water partition coefficient (Wildman–Crippen LogP) is 4.71. The zero-order valence-electron chi connectivity index (χ0n) is 10.5. The van der Waals surface area contributed by atoms with E-state index in [2.05, 4.69) is 20.9 Å². The highest BCUT2D eigenvalue weighted by atomic mass is 79.9. The van der Waals surface area contributed by atoms with E-state index in [1.54, 1.807) is 6.07 Å². The van der Waals surface area contributed by atoms with Crippen LogP contribution in [0, 0.1) is 5.82 Å². The molecule has 3 aromatic rings. The molecule has 0 radical (unpaired) electrons. The minimum atomic E-state index is -0.294. The lowest BCUT2D eigenvalue weighted by Gasteiger charge is -2.09. The average molecular weight is 354 g/mol. The van der Waals surface area contributed by atoms with Gasteiger partial charge in [-0.15, -0.1) is 11.6 Å². The van der Waals surface area contributed by atoms with Gasteiger partial charge in [0.15, 0.2) is 0 Å². The van der Waals surface area contributed by atoms with Gasteiger partial charge in [0.2, 0.25) is 0 Å². The normalized spacial score (nSPS) is 11.2. The molecule has 0 saturated heterocycles. The number of imidazole rings is 1. The van der Waals surface area contributed by atoms with Gasteiger partial charge in [0.25, 0.3) is 0 Å². The number of halogens is 3. The molecule has 2 aromatic carbocycles. The Morgan fingerprint density at radius 1 is 1.20 bits per heavy atom. The molecule has 0 aliphatic carbocycles. The molecule has 0 fully saturated rings. The van der Waals surface area contributed by atoms with E-state index < -0.39 is 0 Å². The van der Waals surface area contributed by atoms with Crippen molar-refractivity contribution in [1.82, 2.24) is 9.55 Å². The number of hydrogen-bond acceptors (Lipinski definition) is 1. The van der Waals surface area contributed by atoms with Crippen molar-refractivity contribution in [3.8, 4) is 5.69 Å². The van der Waals surface area contributed by atoms with E-state index in [1.807, 2.05) is 34.9 Å². The molecule has 0 bridgehead atoms. The summed E-state index contributed by atoms with van der Waals surface area (Å²) in [5.41, 5.74) is 2.59. The molecule has 1 aromatic heterocycles. The van der Waals surface area contributed by atoms with Gasteiger partial charge in [-0.2, -0.15) is 0 Å². The van der Waals surface area contributed by atoms with E-state index in [9.17, 15) is 4.39 Å². The Balaban J connectivity index is 2.26. The molecule has 20 heavy (non-hydrogen) atoms. The standard InChI is InChI=1S/C15H11BrClFN2/c16-11-6-5-10(9-12(11)18)20-14-4-2-1-3-13(14)19-15(20)7-8-17/h1-6,9H,7-8H2. The van der Waals surface area contributed by atoms with Crippen molar-refractivity contribution in [3.63, 3.8) is 0 Å². The van der Waals surface area contributed by atoms with Crippen LogP contribution >= 0.6 is 27.5 Å². The zero-order chi connectivity index (χ0) is 14.1. The van der Waals surface area contributed by atoms with Crippen molar-refractivity contribution in [2.24, 2.45) is 0 Å². The molecule has 1 heterocycles. The van der Waals surface area contributed by atoms with E-state index in [0.29, 0.717) is 16.8 Å². The molecular formula is C15H11BrClFN2. The maximum Gasteiger partial charge on any atom is 0.139 e. The number of hydrogen-bond donors (Lipinski definition) is 0. The topological polar surface area (TPSA) is 17.8 Å². The quantitative estimate of drug-likeness (QED) is 0.624. The summed E-state index contributed by atoms with van der Waals surface area (Å²) in [6.45, 7) is 0. The minimum Gasteiger partial charge on any atom is -0.296 e. The number of alkyl halides is 1. The highest BCUT2D eigenvalue weighted by Gasteiger charge is 2.12. The van der Waals surface area contributed by atoms with E-state index in [0.717, 1.165) is 22.5 Å². The first-order valence-electron chi connectivity index (χ1n) is 6.18. The van der Waals surface area contributed by atoms with E-state index >= 15 is 0 Å². The molecule has 0 atom stereocenters. The Morgan fingerprint density at radius 2 is 2.00 bits per heavy atom. The second-order valence-electron chi connectivity index (χ2n) is 4.39. The summed E-state index contributed by atoms with van der Waals surface area (Å²) >= 11 is 9.02. The van der Waals surface area contributed by atoms with Crippen LogP contribution in [0.4, 0.5) is 4.39 Å². The third-order valence-corrected chi connectivity index (χ3v) is 3.94. The van der Waals surface area contributed by atoms with Gasteiger partial charge in [0.1, 0.15) is 11.6 Å². The SMILES string of the molecule is Fc1cc(-n2c(CCCl)nc3ccccc32)ccc1Br. The third kappa shape index (κ3) is 2.34. The zero-order valence-corrected chi connectivity index (χ0v) is 12.8. The van der Waals surface area contributed by atoms with Crippen molar-refractivity contribution >= 4 is 38.6 Å². The number of para-hydroxylation sites is 2. The molecule has 0 saturated carbocycles. The van der Waals surface area contributed by atoms with Crippen LogP contribution in [0.25, 0.3) is 16.7 Å². The average Bonchev–Trinajstić information content (AvgIpc) is 2.80. The van der Waals surface area contributed by atoms with Crippen LogP contribution in [0.1, 0.15) is 5.82 Å². The molecular weight excluding hydrogens is 343 g/mol. The highest BCUT2D eigenvalue weighted by molar-refractivity contribution is 9.10. The Kier molecular flexibility index (Phi) is 3.76. The molecule has 102 valence electrons. The number of aromatic nitrogens is 2. The maximum absolute atomic E-state index is 13.8. The van der Waals surface area contributed by atoms with E-state index in [1.165, 1.54) is 6.07 Å². The van der Waals surface area contributed by atoms with Crippen LogP contribution in [0.5, 0.6) is 0 Å². The van der Waals surface area contributed by atoms with Crippen molar-refractivity contribution < 1.29 is 4.39 Å². The van der Waals surface area contributed by atoms with Crippen LogP contribution in [-0.4, -0.2) is 15.4 Å². The molecule has 0 N–H and O–H groups in total. The number of fused-ring (bicyclic) bond motifs is 1. The smallest absolute Gasteiger partial charge is 0.139 e. The fraction of sp³-hybridized carbons (Fsp3) is 0.133. The molecule has 0 aliphatic rings. The molecule has 2 nitrogen and oxygen atoms in total. The van der Waals surface area contributed by atoms with Crippen LogP contribution in [0.3, 0.4) is 0 Å². The van der Waals surface area contributed by atoms with Crippen molar-refractivity contribution in [3.05, 3.63) is 58.6 Å². The number of rotatable bonds is 3. The third-order valence-electron chi connectivity index (χ3n) is 3.11. The van der Waals surface area contributed by atoms with Gasteiger partial charge >= 0.3 is 0 Å². The minimum absolute atomic E-state index is 0.294. The summed E-state index contributed by atoms with van der Waals surface area (Å²) in [5, 5.41) is 0. The summed E-state index contributed by atoms with van der Waals surface area (Å²) in [6.07, 6.45) is 0.633. The molecule has 3 rings (SSSR count). The highest BCUT2D eigenvalue weighted by Crippen LogP contribution is 2.25. The Hall–Kier alpha value is -1.39. The number of aryl methyl sites for hydroxylation is 1. The summed E-state index contributed by atoms with van der Waals surface area (Å²) in [4.78, 5) is 4.58. The van der Waals surface area contributed by atoms with Gasteiger partial charge in [-0.1, -0.05) is 12.1 Å². The van der Waals surface area contributed by atoms with Gasteiger partial charge in [0.05, 0.1) is 21.2 Å². The first-order chi connectivity index (χ1) is 9.70. The first kappa shape index (κ1) is 13.6. The fourth-order valence-corrected chi connectivity index (χ4v) is 2.66. The Labute approximate surface area is 129 Å². The van der Waals surface area contributed by atoms with Crippen LogP contribution < -0.4 is 0 Å². The second-order valence-corrected chi connectivity index (χ2v) is 5.62. The van der Waals surface area contributed by atoms with Crippen LogP contribution in [-0.2, 0) is 6.42 Å². The molecule has 0 aliphatic heterocycles. The predicted molar refractivity (Wildman–Crippen MR) is 83.2 cm³/mol. The lowest BCUT2D eigenvalue weighted by Crippen LogP contribution is -2.02. The van der Waals surface area contributed by atoms with Crippen LogP contribution in [0.15, 0.2) is 46.9 Å². The molecule has 0 spiro atoms. The monoisotopic (exact) mass is 352 g/mol. The summed E-state index contributed by atoms with van der Waals surface area (Å²) in [6, 6.07) is 12.9. The van der Waals surface area contributed by atoms with Gasteiger partial charge in [-0.25, -0.2) is 9.37 Å².